The number of fused-ring (bicyclic) bond motifs is 1. The van der Waals surface area contributed by atoms with E-state index in [9.17, 15) is 13.2 Å². The van der Waals surface area contributed by atoms with Crippen molar-refractivity contribution in [2.75, 3.05) is 11.3 Å². The van der Waals surface area contributed by atoms with Gasteiger partial charge in [-0.3, -0.25) is 9.52 Å². The first kappa shape index (κ1) is 19.4. The third-order valence-corrected chi connectivity index (χ3v) is 6.03. The van der Waals surface area contributed by atoms with Crippen LogP contribution in [0.25, 0.3) is 0 Å². The Balaban J connectivity index is 1.74. The molecule has 144 valence electrons. The van der Waals surface area contributed by atoms with Gasteiger partial charge in [-0.15, -0.1) is 0 Å². The number of aryl methyl sites for hydroxylation is 1. The highest BCUT2D eigenvalue weighted by molar-refractivity contribution is 7.91. The standard InChI is InChI=1S/C21H26N2O3S/c1-15(2)21(24)23-11-10-18-8-9-20(12-19(18)13-23)22-27(25,26)14-17-6-4-16(3)5-7-17/h4-9,12,15,22H,10-11,13-14H2,1-3H3. The van der Waals surface area contributed by atoms with Crippen LogP contribution in [0.1, 0.15) is 36.1 Å². The maximum Gasteiger partial charge on any atom is 0.236 e. The second kappa shape index (κ2) is 7.72. The van der Waals surface area contributed by atoms with Gasteiger partial charge in [0, 0.05) is 24.7 Å². The van der Waals surface area contributed by atoms with Crippen LogP contribution in [0, 0.1) is 12.8 Å². The molecule has 0 aliphatic carbocycles. The number of carbonyl (C=O) groups excluding carboxylic acids is 1. The molecule has 27 heavy (non-hydrogen) atoms. The Morgan fingerprint density at radius 1 is 1.11 bits per heavy atom. The van der Waals surface area contributed by atoms with Gasteiger partial charge in [0.15, 0.2) is 0 Å². The molecule has 2 aromatic rings. The van der Waals surface area contributed by atoms with Crippen LogP contribution in [-0.2, 0) is 33.5 Å². The van der Waals surface area contributed by atoms with Crippen LogP contribution in [0.2, 0.25) is 0 Å². The normalized spacial score (nSPS) is 14.1. The zero-order valence-electron chi connectivity index (χ0n) is 16.0. The molecule has 1 amide bonds. The lowest BCUT2D eigenvalue weighted by atomic mass is 9.98. The zero-order valence-corrected chi connectivity index (χ0v) is 16.8. The van der Waals surface area contributed by atoms with Crippen LogP contribution < -0.4 is 4.72 Å². The largest absolute Gasteiger partial charge is 0.338 e. The second-order valence-electron chi connectivity index (χ2n) is 7.49. The highest BCUT2D eigenvalue weighted by atomic mass is 32.2. The molecule has 0 unspecified atom stereocenters. The summed E-state index contributed by atoms with van der Waals surface area (Å²) in [6, 6.07) is 13.1. The molecule has 1 aliphatic heterocycles. The van der Waals surface area contributed by atoms with E-state index in [4.69, 9.17) is 0 Å². The van der Waals surface area contributed by atoms with Gasteiger partial charge in [0.05, 0.1) is 5.75 Å². The van der Waals surface area contributed by atoms with Crippen molar-refractivity contribution < 1.29 is 13.2 Å². The summed E-state index contributed by atoms with van der Waals surface area (Å²) in [4.78, 5) is 14.1. The first-order valence-electron chi connectivity index (χ1n) is 9.20. The Hall–Kier alpha value is -2.34. The number of nitrogens with zero attached hydrogens (tertiary/aromatic N) is 1. The number of amides is 1. The molecule has 0 radical (unpaired) electrons. The van der Waals surface area contributed by atoms with Crippen molar-refractivity contribution in [3.05, 3.63) is 64.7 Å². The fraction of sp³-hybridized carbons (Fsp3) is 0.381. The Morgan fingerprint density at radius 3 is 2.48 bits per heavy atom. The number of sulfonamides is 1. The third-order valence-electron chi connectivity index (χ3n) is 4.77. The van der Waals surface area contributed by atoms with Gasteiger partial charge < -0.3 is 4.90 Å². The van der Waals surface area contributed by atoms with Crippen molar-refractivity contribution in [3.8, 4) is 0 Å². The van der Waals surface area contributed by atoms with Gasteiger partial charge in [0.1, 0.15) is 0 Å². The van der Waals surface area contributed by atoms with E-state index >= 15 is 0 Å². The van der Waals surface area contributed by atoms with Crippen molar-refractivity contribution in [2.45, 2.75) is 39.5 Å². The number of hydrogen-bond acceptors (Lipinski definition) is 3. The van der Waals surface area contributed by atoms with Crippen molar-refractivity contribution in [2.24, 2.45) is 5.92 Å². The number of hydrogen-bond donors (Lipinski definition) is 1. The average molecular weight is 387 g/mol. The van der Waals surface area contributed by atoms with E-state index in [0.29, 0.717) is 18.8 Å². The smallest absolute Gasteiger partial charge is 0.236 e. The van der Waals surface area contributed by atoms with E-state index in [1.54, 1.807) is 6.07 Å². The summed E-state index contributed by atoms with van der Waals surface area (Å²) in [6.07, 6.45) is 0.796. The van der Waals surface area contributed by atoms with Crippen LogP contribution >= 0.6 is 0 Å². The van der Waals surface area contributed by atoms with Gasteiger partial charge in [0.2, 0.25) is 15.9 Å². The Morgan fingerprint density at radius 2 is 1.81 bits per heavy atom. The Kier molecular flexibility index (Phi) is 5.56. The van der Waals surface area contributed by atoms with E-state index in [0.717, 1.165) is 23.1 Å². The lowest BCUT2D eigenvalue weighted by molar-refractivity contribution is -0.135. The van der Waals surface area contributed by atoms with Crippen LogP contribution in [0.15, 0.2) is 42.5 Å². The monoisotopic (exact) mass is 386 g/mol. The molecule has 0 saturated carbocycles. The van der Waals surface area contributed by atoms with Crippen LogP contribution in [0.4, 0.5) is 5.69 Å². The summed E-state index contributed by atoms with van der Waals surface area (Å²) in [6.45, 7) is 7.00. The van der Waals surface area contributed by atoms with Crippen LogP contribution in [-0.4, -0.2) is 25.8 Å². The molecule has 0 atom stereocenters. The predicted molar refractivity (Wildman–Crippen MR) is 108 cm³/mol. The minimum absolute atomic E-state index is 0.0391. The molecule has 1 heterocycles. The lowest BCUT2D eigenvalue weighted by Gasteiger charge is -2.30. The van der Waals surface area contributed by atoms with Gasteiger partial charge in [-0.2, -0.15) is 0 Å². The van der Waals surface area contributed by atoms with Gasteiger partial charge >= 0.3 is 0 Å². The molecular formula is C21H26N2O3S. The first-order valence-corrected chi connectivity index (χ1v) is 10.9. The van der Waals surface area contributed by atoms with Gasteiger partial charge in [-0.1, -0.05) is 49.7 Å². The second-order valence-corrected chi connectivity index (χ2v) is 9.22. The molecule has 0 bridgehead atoms. The number of nitrogens with one attached hydrogen (secondary N) is 1. The maximum atomic E-state index is 12.5. The summed E-state index contributed by atoms with van der Waals surface area (Å²) in [7, 11) is -3.50. The van der Waals surface area contributed by atoms with E-state index < -0.39 is 10.0 Å². The van der Waals surface area contributed by atoms with E-state index in [1.807, 2.05) is 62.1 Å². The van der Waals surface area contributed by atoms with E-state index in [1.165, 1.54) is 5.56 Å². The zero-order chi connectivity index (χ0) is 19.6. The summed E-state index contributed by atoms with van der Waals surface area (Å²) < 4.78 is 27.7. The van der Waals surface area contributed by atoms with Crippen LogP contribution in [0.5, 0.6) is 0 Å². The fourth-order valence-electron chi connectivity index (χ4n) is 3.29. The summed E-state index contributed by atoms with van der Waals surface area (Å²) in [5.74, 6) is 0.0243. The number of anilines is 1. The van der Waals surface area contributed by atoms with Crippen molar-refractivity contribution in [3.63, 3.8) is 0 Å². The lowest BCUT2D eigenvalue weighted by Crippen LogP contribution is -2.38. The highest BCUT2D eigenvalue weighted by Crippen LogP contribution is 2.24. The third kappa shape index (κ3) is 4.89. The van der Waals surface area contributed by atoms with Gasteiger partial charge in [-0.25, -0.2) is 8.42 Å². The minimum Gasteiger partial charge on any atom is -0.338 e. The fourth-order valence-corrected chi connectivity index (χ4v) is 4.48. The van der Waals surface area contributed by atoms with Crippen molar-refractivity contribution >= 4 is 21.6 Å². The molecule has 0 spiro atoms. The molecule has 2 aromatic carbocycles. The van der Waals surface area contributed by atoms with Crippen molar-refractivity contribution in [1.29, 1.82) is 0 Å². The van der Waals surface area contributed by atoms with Crippen molar-refractivity contribution in [1.82, 2.24) is 4.90 Å². The molecular weight excluding hydrogens is 360 g/mol. The quantitative estimate of drug-likeness (QED) is 0.855. The molecule has 0 fully saturated rings. The number of benzene rings is 2. The molecule has 1 aliphatic rings. The number of rotatable bonds is 5. The minimum atomic E-state index is -3.50. The maximum absolute atomic E-state index is 12.5. The van der Waals surface area contributed by atoms with Crippen LogP contribution in [0.3, 0.4) is 0 Å². The summed E-state index contributed by atoms with van der Waals surface area (Å²) in [5.41, 5.74) is 4.56. The first-order chi connectivity index (χ1) is 12.7. The number of carbonyl (C=O) groups is 1. The molecule has 1 N–H and O–H groups in total. The predicted octanol–water partition coefficient (Wildman–Crippen LogP) is 3.48. The molecule has 6 heteroatoms. The molecule has 3 rings (SSSR count). The van der Waals surface area contributed by atoms with Gasteiger partial charge in [-0.05, 0) is 42.2 Å². The SMILES string of the molecule is Cc1ccc(CS(=O)(=O)Nc2ccc3c(c2)CN(C(=O)C(C)C)CC3)cc1. The highest BCUT2D eigenvalue weighted by Gasteiger charge is 2.23. The van der Waals surface area contributed by atoms with E-state index in [-0.39, 0.29) is 17.6 Å². The Labute approximate surface area is 161 Å². The molecule has 5 nitrogen and oxygen atoms in total. The van der Waals surface area contributed by atoms with E-state index in [2.05, 4.69) is 4.72 Å². The van der Waals surface area contributed by atoms with Gasteiger partial charge in [0.25, 0.3) is 0 Å². The summed E-state index contributed by atoms with van der Waals surface area (Å²) in [5, 5.41) is 0. The Bertz CT molecular complexity index is 934. The topological polar surface area (TPSA) is 66.5 Å². The average Bonchev–Trinajstić information content (AvgIpc) is 2.61. The summed E-state index contributed by atoms with van der Waals surface area (Å²) >= 11 is 0. The molecule has 0 aromatic heterocycles. The molecule has 0 saturated heterocycles.